The summed E-state index contributed by atoms with van der Waals surface area (Å²) in [4.78, 5) is 11.6. The van der Waals surface area contributed by atoms with Gasteiger partial charge >= 0.3 is 0 Å². The molecule has 0 saturated carbocycles. The summed E-state index contributed by atoms with van der Waals surface area (Å²) in [5.74, 6) is 2.94. The topological polar surface area (TPSA) is 49.2 Å². The van der Waals surface area contributed by atoms with E-state index in [1.54, 1.807) is 0 Å². The second kappa shape index (κ2) is 6.33. The van der Waals surface area contributed by atoms with Crippen LogP contribution < -0.4 is 4.90 Å². The maximum atomic E-state index is 9.09. The molecule has 2 rings (SSSR count). The van der Waals surface area contributed by atoms with Gasteiger partial charge in [-0.3, -0.25) is 0 Å². The Hall–Kier alpha value is -1.16. The summed E-state index contributed by atoms with van der Waals surface area (Å²) in [6, 6.07) is 2.08. The first-order valence-corrected chi connectivity index (χ1v) is 7.31. The van der Waals surface area contributed by atoms with Gasteiger partial charge in [-0.2, -0.15) is 0 Å². The van der Waals surface area contributed by atoms with Gasteiger partial charge in [-0.1, -0.05) is 13.8 Å². The molecule has 0 aromatic carbocycles. The van der Waals surface area contributed by atoms with Gasteiger partial charge in [0, 0.05) is 37.4 Å². The van der Waals surface area contributed by atoms with Gasteiger partial charge in [0.15, 0.2) is 0 Å². The number of aliphatic hydroxyl groups excluding tert-OH is 1. The average Bonchev–Trinajstić information content (AvgIpc) is 2.38. The van der Waals surface area contributed by atoms with Gasteiger partial charge in [0.05, 0.1) is 0 Å². The number of aliphatic hydroxyl groups is 1. The molecule has 1 unspecified atom stereocenters. The number of rotatable bonds is 4. The fourth-order valence-corrected chi connectivity index (χ4v) is 2.69. The molecule has 4 heteroatoms. The van der Waals surface area contributed by atoms with Crippen LogP contribution in [0.15, 0.2) is 6.07 Å². The summed E-state index contributed by atoms with van der Waals surface area (Å²) in [7, 11) is 0. The number of hydrogen-bond donors (Lipinski definition) is 1. The van der Waals surface area contributed by atoms with Gasteiger partial charge in [-0.05, 0) is 32.1 Å². The number of hydrogen-bond acceptors (Lipinski definition) is 4. The smallest absolute Gasteiger partial charge is 0.133 e. The van der Waals surface area contributed by atoms with Crippen molar-refractivity contribution >= 4 is 5.82 Å². The largest absolute Gasteiger partial charge is 0.396 e. The Labute approximate surface area is 115 Å². The highest BCUT2D eigenvalue weighted by molar-refractivity contribution is 5.40. The molecule has 0 spiro atoms. The second-order valence-electron chi connectivity index (χ2n) is 5.85. The van der Waals surface area contributed by atoms with Crippen LogP contribution >= 0.6 is 0 Å². The Morgan fingerprint density at radius 1 is 1.42 bits per heavy atom. The molecule has 0 aliphatic carbocycles. The van der Waals surface area contributed by atoms with Gasteiger partial charge in [0.25, 0.3) is 0 Å². The fraction of sp³-hybridized carbons (Fsp3) is 0.733. The molecular formula is C15H25N3O. The minimum Gasteiger partial charge on any atom is -0.396 e. The predicted molar refractivity (Wildman–Crippen MR) is 77.5 cm³/mol. The normalized spacial score (nSPS) is 20.1. The van der Waals surface area contributed by atoms with E-state index < -0.39 is 0 Å². The van der Waals surface area contributed by atoms with Crippen LogP contribution in [0.3, 0.4) is 0 Å². The van der Waals surface area contributed by atoms with Crippen molar-refractivity contribution in [2.45, 2.75) is 46.0 Å². The summed E-state index contributed by atoms with van der Waals surface area (Å²) in [6.07, 6.45) is 3.31. The standard InChI is InChI=1S/C15H25N3O/c1-11(2)15-16-12(3)9-14(17-15)18-7-4-5-13(10-18)6-8-19/h9,11,13,19H,4-8,10H2,1-3H3. The van der Waals surface area contributed by atoms with E-state index in [-0.39, 0.29) is 0 Å². The van der Waals surface area contributed by atoms with Crippen molar-refractivity contribution in [3.63, 3.8) is 0 Å². The molecule has 1 aliphatic rings. The van der Waals surface area contributed by atoms with E-state index in [9.17, 15) is 0 Å². The van der Waals surface area contributed by atoms with Crippen LogP contribution in [0.5, 0.6) is 0 Å². The Morgan fingerprint density at radius 3 is 2.89 bits per heavy atom. The quantitative estimate of drug-likeness (QED) is 0.907. The lowest BCUT2D eigenvalue weighted by atomic mass is 9.95. The van der Waals surface area contributed by atoms with E-state index in [1.165, 1.54) is 12.8 Å². The zero-order valence-electron chi connectivity index (χ0n) is 12.3. The molecule has 0 bridgehead atoms. The molecule has 1 aromatic rings. The molecule has 2 heterocycles. The molecule has 1 N–H and O–H groups in total. The van der Waals surface area contributed by atoms with Gasteiger partial charge in [0.2, 0.25) is 0 Å². The van der Waals surface area contributed by atoms with Crippen LogP contribution in [0.25, 0.3) is 0 Å². The summed E-state index contributed by atoms with van der Waals surface area (Å²) < 4.78 is 0. The lowest BCUT2D eigenvalue weighted by Crippen LogP contribution is -2.36. The molecule has 1 aromatic heterocycles. The first-order valence-electron chi connectivity index (χ1n) is 7.31. The number of anilines is 1. The van der Waals surface area contributed by atoms with Crippen LogP contribution in [0.1, 0.15) is 50.5 Å². The zero-order valence-corrected chi connectivity index (χ0v) is 12.3. The van der Waals surface area contributed by atoms with Crippen molar-refractivity contribution in [1.82, 2.24) is 9.97 Å². The zero-order chi connectivity index (χ0) is 13.8. The van der Waals surface area contributed by atoms with Crippen molar-refractivity contribution in [3.8, 4) is 0 Å². The molecule has 0 radical (unpaired) electrons. The lowest BCUT2D eigenvalue weighted by Gasteiger charge is -2.33. The van der Waals surface area contributed by atoms with Crippen LogP contribution in [0.2, 0.25) is 0 Å². The highest BCUT2D eigenvalue weighted by Crippen LogP contribution is 2.25. The monoisotopic (exact) mass is 263 g/mol. The highest BCUT2D eigenvalue weighted by Gasteiger charge is 2.21. The third-order valence-corrected chi connectivity index (χ3v) is 3.75. The van der Waals surface area contributed by atoms with E-state index in [2.05, 4.69) is 29.8 Å². The van der Waals surface area contributed by atoms with Gasteiger partial charge in [-0.25, -0.2) is 9.97 Å². The lowest BCUT2D eigenvalue weighted by molar-refractivity contribution is 0.244. The fourth-order valence-electron chi connectivity index (χ4n) is 2.69. The summed E-state index contributed by atoms with van der Waals surface area (Å²) >= 11 is 0. The van der Waals surface area contributed by atoms with E-state index in [4.69, 9.17) is 10.1 Å². The van der Waals surface area contributed by atoms with Crippen LogP contribution in [0, 0.1) is 12.8 Å². The first kappa shape index (κ1) is 14.3. The number of aryl methyl sites for hydroxylation is 1. The van der Waals surface area contributed by atoms with E-state index in [0.29, 0.717) is 18.4 Å². The third kappa shape index (κ3) is 3.66. The van der Waals surface area contributed by atoms with Crippen molar-refractivity contribution in [2.24, 2.45) is 5.92 Å². The third-order valence-electron chi connectivity index (χ3n) is 3.75. The number of nitrogens with zero attached hydrogens (tertiary/aromatic N) is 3. The molecule has 1 atom stereocenters. The molecule has 4 nitrogen and oxygen atoms in total. The molecule has 1 fully saturated rings. The van der Waals surface area contributed by atoms with Crippen molar-refractivity contribution < 1.29 is 5.11 Å². The van der Waals surface area contributed by atoms with Gasteiger partial charge < -0.3 is 10.0 Å². The van der Waals surface area contributed by atoms with E-state index in [0.717, 1.165) is 36.8 Å². The highest BCUT2D eigenvalue weighted by atomic mass is 16.3. The maximum absolute atomic E-state index is 9.09. The SMILES string of the molecule is Cc1cc(N2CCCC(CCO)C2)nc(C(C)C)n1. The predicted octanol–water partition coefficient (Wildman–Crippen LogP) is 2.51. The Balaban J connectivity index is 2.16. The summed E-state index contributed by atoms with van der Waals surface area (Å²) in [5.41, 5.74) is 1.04. The maximum Gasteiger partial charge on any atom is 0.133 e. The molecule has 106 valence electrons. The minimum absolute atomic E-state index is 0.290. The molecule has 1 saturated heterocycles. The van der Waals surface area contributed by atoms with Crippen LogP contribution in [-0.2, 0) is 0 Å². The number of piperidine rings is 1. The molecule has 1 aliphatic heterocycles. The first-order chi connectivity index (χ1) is 9.10. The van der Waals surface area contributed by atoms with Gasteiger partial charge in [0.1, 0.15) is 11.6 Å². The van der Waals surface area contributed by atoms with Crippen LogP contribution in [-0.4, -0.2) is 34.8 Å². The van der Waals surface area contributed by atoms with Crippen LogP contribution in [0.4, 0.5) is 5.82 Å². The van der Waals surface area contributed by atoms with Crippen molar-refractivity contribution in [3.05, 3.63) is 17.6 Å². The summed E-state index contributed by atoms with van der Waals surface area (Å²) in [5, 5.41) is 9.09. The van der Waals surface area contributed by atoms with E-state index in [1.807, 2.05) is 6.92 Å². The average molecular weight is 263 g/mol. The Kier molecular flexibility index (Phi) is 4.75. The summed E-state index contributed by atoms with van der Waals surface area (Å²) in [6.45, 7) is 8.65. The Bertz CT molecular complexity index is 418. The van der Waals surface area contributed by atoms with Crippen molar-refractivity contribution in [2.75, 3.05) is 24.6 Å². The molecule has 19 heavy (non-hydrogen) atoms. The Morgan fingerprint density at radius 2 is 2.21 bits per heavy atom. The molecule has 0 amide bonds. The van der Waals surface area contributed by atoms with Crippen molar-refractivity contribution in [1.29, 1.82) is 0 Å². The second-order valence-corrected chi connectivity index (χ2v) is 5.85. The number of aromatic nitrogens is 2. The molecular weight excluding hydrogens is 238 g/mol. The minimum atomic E-state index is 0.290. The van der Waals surface area contributed by atoms with Gasteiger partial charge in [-0.15, -0.1) is 0 Å². The van der Waals surface area contributed by atoms with E-state index >= 15 is 0 Å².